The Bertz CT molecular complexity index is 180. The van der Waals surface area contributed by atoms with Crippen molar-refractivity contribution in [2.75, 3.05) is 6.61 Å². The van der Waals surface area contributed by atoms with Gasteiger partial charge in [-0.25, -0.2) is 0 Å². The van der Waals surface area contributed by atoms with E-state index in [9.17, 15) is 20.4 Å². The molecule has 6 heteroatoms. The Balaban J connectivity index is 2.79. The van der Waals surface area contributed by atoms with E-state index in [1.807, 2.05) is 0 Å². The maximum absolute atomic E-state index is 9.38. The molecular weight excluding hydrogens is 180 g/mol. The molecule has 0 unspecified atom stereocenters. The molecule has 0 spiro atoms. The molecule has 0 aromatic carbocycles. The molecular formula is C7H14O6. The number of ether oxygens (including phenoxy) is 1. The molecule has 13 heavy (non-hydrogen) atoms. The van der Waals surface area contributed by atoms with Gasteiger partial charge in [0.1, 0.15) is 24.4 Å². The molecule has 0 aliphatic carbocycles. The van der Waals surface area contributed by atoms with Gasteiger partial charge < -0.3 is 30.3 Å². The van der Waals surface area contributed by atoms with Crippen molar-refractivity contribution >= 4 is 0 Å². The molecule has 5 N–H and O–H groups in total. The van der Waals surface area contributed by atoms with Crippen LogP contribution in [0.15, 0.2) is 0 Å². The summed E-state index contributed by atoms with van der Waals surface area (Å²) in [6.07, 6.45) is -5.61. The van der Waals surface area contributed by atoms with Crippen LogP contribution in [0.4, 0.5) is 0 Å². The predicted molar refractivity (Wildman–Crippen MR) is 40.6 cm³/mol. The standard InChI is InChI=1S/C7H14O6/c1-7(12)6(11)5(10)4(9)3(2-8)13-7/h3-6,8-12H,2H2,1H3/t3-,4-,5+,6-,7+/m0/s1. The van der Waals surface area contributed by atoms with E-state index in [1.165, 1.54) is 0 Å². The highest BCUT2D eigenvalue weighted by Gasteiger charge is 2.49. The Morgan fingerprint density at radius 2 is 1.77 bits per heavy atom. The summed E-state index contributed by atoms with van der Waals surface area (Å²) in [5.41, 5.74) is 0. The third kappa shape index (κ3) is 1.83. The van der Waals surface area contributed by atoms with E-state index in [1.54, 1.807) is 0 Å². The summed E-state index contributed by atoms with van der Waals surface area (Å²) in [7, 11) is 0. The monoisotopic (exact) mass is 194 g/mol. The third-order valence-corrected chi connectivity index (χ3v) is 2.17. The molecule has 1 rings (SSSR count). The van der Waals surface area contributed by atoms with Gasteiger partial charge in [-0.3, -0.25) is 0 Å². The summed E-state index contributed by atoms with van der Waals surface area (Å²) >= 11 is 0. The summed E-state index contributed by atoms with van der Waals surface area (Å²) in [6, 6.07) is 0. The average molecular weight is 194 g/mol. The predicted octanol–water partition coefficient (Wildman–Crippen LogP) is -2.83. The second-order valence-electron chi connectivity index (χ2n) is 3.32. The van der Waals surface area contributed by atoms with Crippen molar-refractivity contribution in [3.05, 3.63) is 0 Å². The van der Waals surface area contributed by atoms with Gasteiger partial charge in [-0.2, -0.15) is 0 Å². The number of hydrogen-bond donors (Lipinski definition) is 5. The molecule has 0 saturated carbocycles. The Morgan fingerprint density at radius 1 is 1.23 bits per heavy atom. The summed E-state index contributed by atoms with van der Waals surface area (Å²) < 4.78 is 4.76. The smallest absolute Gasteiger partial charge is 0.192 e. The molecule has 0 bridgehead atoms. The lowest BCUT2D eigenvalue weighted by molar-refractivity contribution is -0.341. The highest BCUT2D eigenvalue weighted by molar-refractivity contribution is 4.93. The molecule has 1 fully saturated rings. The first-order chi connectivity index (χ1) is 5.90. The first-order valence-corrected chi connectivity index (χ1v) is 3.95. The fourth-order valence-electron chi connectivity index (χ4n) is 1.31. The summed E-state index contributed by atoms with van der Waals surface area (Å²) in [5.74, 6) is -1.95. The van der Waals surface area contributed by atoms with Gasteiger partial charge in [-0.05, 0) is 6.92 Å². The molecule has 1 aliphatic rings. The number of aliphatic hydroxyl groups is 5. The van der Waals surface area contributed by atoms with Crippen molar-refractivity contribution in [3.8, 4) is 0 Å². The van der Waals surface area contributed by atoms with Gasteiger partial charge in [0.2, 0.25) is 0 Å². The van der Waals surface area contributed by atoms with Crippen molar-refractivity contribution < 1.29 is 30.3 Å². The van der Waals surface area contributed by atoms with Crippen LogP contribution in [0.2, 0.25) is 0 Å². The van der Waals surface area contributed by atoms with E-state index in [2.05, 4.69) is 0 Å². The van der Waals surface area contributed by atoms with Gasteiger partial charge in [0.05, 0.1) is 6.61 Å². The van der Waals surface area contributed by atoms with E-state index in [0.29, 0.717) is 0 Å². The normalized spacial score (nSPS) is 52.2. The topological polar surface area (TPSA) is 110 Å². The van der Waals surface area contributed by atoms with E-state index in [4.69, 9.17) is 9.84 Å². The molecule has 1 aliphatic heterocycles. The Morgan fingerprint density at radius 3 is 2.23 bits per heavy atom. The molecule has 0 aromatic rings. The minimum atomic E-state index is -1.95. The second kappa shape index (κ2) is 3.49. The van der Waals surface area contributed by atoms with Gasteiger partial charge >= 0.3 is 0 Å². The molecule has 5 atom stereocenters. The van der Waals surface area contributed by atoms with E-state index >= 15 is 0 Å². The fourth-order valence-corrected chi connectivity index (χ4v) is 1.31. The zero-order valence-electron chi connectivity index (χ0n) is 7.16. The third-order valence-electron chi connectivity index (χ3n) is 2.17. The van der Waals surface area contributed by atoms with Crippen molar-refractivity contribution in [1.29, 1.82) is 0 Å². The zero-order chi connectivity index (χ0) is 10.2. The SMILES string of the molecule is C[C@@]1(O)O[C@@H](CO)[C@H](O)[C@@H](O)[C@@H]1O. The van der Waals surface area contributed by atoms with Crippen LogP contribution in [-0.2, 0) is 4.74 Å². The van der Waals surface area contributed by atoms with Crippen molar-refractivity contribution in [2.45, 2.75) is 37.1 Å². The van der Waals surface area contributed by atoms with Crippen molar-refractivity contribution in [1.82, 2.24) is 0 Å². The number of rotatable bonds is 1. The van der Waals surface area contributed by atoms with Gasteiger partial charge in [0, 0.05) is 0 Å². The van der Waals surface area contributed by atoms with Crippen LogP contribution in [-0.4, -0.2) is 62.3 Å². The van der Waals surface area contributed by atoms with E-state index in [0.717, 1.165) is 6.92 Å². The largest absolute Gasteiger partial charge is 0.394 e. The van der Waals surface area contributed by atoms with E-state index < -0.39 is 36.8 Å². The zero-order valence-corrected chi connectivity index (χ0v) is 7.16. The summed E-state index contributed by atoms with van der Waals surface area (Å²) in [5, 5.41) is 45.8. The van der Waals surface area contributed by atoms with Crippen LogP contribution in [0.3, 0.4) is 0 Å². The van der Waals surface area contributed by atoms with Crippen LogP contribution in [0.25, 0.3) is 0 Å². The lowest BCUT2D eigenvalue weighted by Gasteiger charge is -2.43. The number of aliphatic hydroxyl groups excluding tert-OH is 4. The molecule has 1 saturated heterocycles. The van der Waals surface area contributed by atoms with Crippen LogP contribution in [0.1, 0.15) is 6.92 Å². The lowest BCUT2D eigenvalue weighted by Crippen LogP contribution is -2.63. The highest BCUT2D eigenvalue weighted by Crippen LogP contribution is 2.27. The first kappa shape index (κ1) is 10.8. The van der Waals surface area contributed by atoms with Gasteiger partial charge in [-0.1, -0.05) is 0 Å². The van der Waals surface area contributed by atoms with Crippen molar-refractivity contribution in [3.63, 3.8) is 0 Å². The molecule has 0 aromatic heterocycles. The highest BCUT2D eigenvalue weighted by atomic mass is 16.7. The minimum Gasteiger partial charge on any atom is -0.394 e. The summed E-state index contributed by atoms with van der Waals surface area (Å²) in [4.78, 5) is 0. The second-order valence-corrected chi connectivity index (χ2v) is 3.32. The molecule has 0 amide bonds. The van der Waals surface area contributed by atoms with Crippen LogP contribution >= 0.6 is 0 Å². The summed E-state index contributed by atoms with van der Waals surface area (Å²) in [6.45, 7) is 0.608. The van der Waals surface area contributed by atoms with Gasteiger partial charge in [-0.15, -0.1) is 0 Å². The quantitative estimate of drug-likeness (QED) is 0.308. The maximum Gasteiger partial charge on any atom is 0.192 e. The van der Waals surface area contributed by atoms with Crippen molar-refractivity contribution in [2.24, 2.45) is 0 Å². The van der Waals surface area contributed by atoms with Crippen LogP contribution < -0.4 is 0 Å². The maximum atomic E-state index is 9.38. The minimum absolute atomic E-state index is 0.541. The molecule has 6 nitrogen and oxygen atoms in total. The lowest BCUT2D eigenvalue weighted by atomic mass is 9.94. The van der Waals surface area contributed by atoms with Gasteiger partial charge in [0.15, 0.2) is 5.79 Å². The van der Waals surface area contributed by atoms with Crippen LogP contribution in [0, 0.1) is 0 Å². The Hall–Kier alpha value is -0.240. The Labute approximate surface area is 75.0 Å². The fraction of sp³-hybridized carbons (Fsp3) is 1.00. The Kier molecular flexibility index (Phi) is 2.91. The molecule has 0 radical (unpaired) electrons. The molecule has 78 valence electrons. The average Bonchev–Trinajstić information content (AvgIpc) is 2.08. The first-order valence-electron chi connectivity index (χ1n) is 3.95. The molecule has 1 heterocycles. The van der Waals surface area contributed by atoms with Crippen LogP contribution in [0.5, 0.6) is 0 Å². The van der Waals surface area contributed by atoms with Gasteiger partial charge in [0.25, 0.3) is 0 Å². The van der Waals surface area contributed by atoms with E-state index in [-0.39, 0.29) is 0 Å². The number of hydrogen-bond acceptors (Lipinski definition) is 6.